The number of amides is 1. The van der Waals surface area contributed by atoms with Gasteiger partial charge in [-0.05, 0) is 46.6 Å². The number of rotatable bonds is 3. The zero-order valence-corrected chi connectivity index (χ0v) is 12.3. The second-order valence-electron chi connectivity index (χ2n) is 5.72. The number of carbonyl (C=O) groups is 1. The van der Waals surface area contributed by atoms with Crippen molar-refractivity contribution in [2.75, 3.05) is 6.54 Å². The van der Waals surface area contributed by atoms with Gasteiger partial charge in [0.25, 0.3) is 0 Å². The molecule has 2 atom stereocenters. The molecule has 1 amide bonds. The SMILES string of the molecule is Cc1c(C(C)NC(=O)C2(C)CCCCN2)cnn1C. The Morgan fingerprint density at radius 1 is 1.58 bits per heavy atom. The fraction of sp³-hybridized carbons (Fsp3) is 0.714. The second kappa shape index (κ2) is 5.33. The monoisotopic (exact) mass is 264 g/mol. The van der Waals surface area contributed by atoms with Crippen molar-refractivity contribution in [3.63, 3.8) is 0 Å². The maximum atomic E-state index is 12.4. The van der Waals surface area contributed by atoms with Gasteiger partial charge in [0.1, 0.15) is 0 Å². The molecule has 1 aliphatic heterocycles. The highest BCUT2D eigenvalue weighted by atomic mass is 16.2. The minimum absolute atomic E-state index is 0.0123. The van der Waals surface area contributed by atoms with E-state index < -0.39 is 5.54 Å². The summed E-state index contributed by atoms with van der Waals surface area (Å²) < 4.78 is 1.83. The zero-order chi connectivity index (χ0) is 14.0. The molecule has 1 saturated heterocycles. The van der Waals surface area contributed by atoms with E-state index in [-0.39, 0.29) is 11.9 Å². The maximum Gasteiger partial charge on any atom is 0.240 e. The molecule has 1 aliphatic rings. The van der Waals surface area contributed by atoms with Crippen LogP contribution in [0, 0.1) is 6.92 Å². The van der Waals surface area contributed by atoms with Gasteiger partial charge >= 0.3 is 0 Å². The van der Waals surface area contributed by atoms with Gasteiger partial charge in [-0.1, -0.05) is 0 Å². The van der Waals surface area contributed by atoms with Crippen LogP contribution in [-0.4, -0.2) is 27.8 Å². The van der Waals surface area contributed by atoms with E-state index in [1.54, 1.807) is 0 Å². The Balaban J connectivity index is 2.04. The van der Waals surface area contributed by atoms with Gasteiger partial charge < -0.3 is 10.6 Å². The Morgan fingerprint density at radius 2 is 2.32 bits per heavy atom. The highest BCUT2D eigenvalue weighted by molar-refractivity contribution is 5.86. The molecule has 0 saturated carbocycles. The van der Waals surface area contributed by atoms with Crippen LogP contribution in [0.2, 0.25) is 0 Å². The van der Waals surface area contributed by atoms with E-state index in [1.165, 1.54) is 0 Å². The highest BCUT2D eigenvalue weighted by Crippen LogP contribution is 2.21. The van der Waals surface area contributed by atoms with Gasteiger partial charge in [0.15, 0.2) is 0 Å². The average Bonchev–Trinajstić information content (AvgIpc) is 2.71. The van der Waals surface area contributed by atoms with Gasteiger partial charge in [0.2, 0.25) is 5.91 Å². The molecular weight excluding hydrogens is 240 g/mol. The summed E-state index contributed by atoms with van der Waals surface area (Å²) in [5, 5.41) is 10.7. The number of aryl methyl sites for hydroxylation is 1. The van der Waals surface area contributed by atoms with Crippen LogP contribution in [0.25, 0.3) is 0 Å². The molecule has 106 valence electrons. The van der Waals surface area contributed by atoms with E-state index in [1.807, 2.05) is 38.7 Å². The van der Waals surface area contributed by atoms with Crippen molar-refractivity contribution in [2.24, 2.45) is 7.05 Å². The minimum Gasteiger partial charge on any atom is -0.348 e. The maximum absolute atomic E-state index is 12.4. The first kappa shape index (κ1) is 14.1. The molecule has 0 aliphatic carbocycles. The predicted molar refractivity (Wildman–Crippen MR) is 74.8 cm³/mol. The van der Waals surface area contributed by atoms with Crippen LogP contribution in [0.4, 0.5) is 0 Å². The van der Waals surface area contributed by atoms with E-state index in [0.717, 1.165) is 37.1 Å². The van der Waals surface area contributed by atoms with Crippen molar-refractivity contribution in [1.29, 1.82) is 0 Å². The molecule has 19 heavy (non-hydrogen) atoms. The van der Waals surface area contributed by atoms with Crippen molar-refractivity contribution in [1.82, 2.24) is 20.4 Å². The molecule has 5 heteroatoms. The molecule has 0 bridgehead atoms. The summed E-state index contributed by atoms with van der Waals surface area (Å²) in [6.45, 7) is 6.94. The summed E-state index contributed by atoms with van der Waals surface area (Å²) in [6.07, 6.45) is 4.99. The summed E-state index contributed by atoms with van der Waals surface area (Å²) in [6, 6.07) is -0.0123. The zero-order valence-electron chi connectivity index (χ0n) is 12.3. The third-order valence-corrected chi connectivity index (χ3v) is 4.21. The normalized spacial score (nSPS) is 25.1. The Kier molecular flexibility index (Phi) is 3.94. The number of hydrogen-bond acceptors (Lipinski definition) is 3. The van der Waals surface area contributed by atoms with Crippen LogP contribution < -0.4 is 10.6 Å². The number of carbonyl (C=O) groups excluding carboxylic acids is 1. The third kappa shape index (κ3) is 2.81. The molecule has 1 aromatic heterocycles. The van der Waals surface area contributed by atoms with E-state index in [4.69, 9.17) is 0 Å². The van der Waals surface area contributed by atoms with E-state index in [2.05, 4.69) is 15.7 Å². The highest BCUT2D eigenvalue weighted by Gasteiger charge is 2.35. The van der Waals surface area contributed by atoms with Crippen LogP contribution in [-0.2, 0) is 11.8 Å². The molecular formula is C14H24N4O. The van der Waals surface area contributed by atoms with Gasteiger partial charge in [-0.25, -0.2) is 0 Å². The molecule has 2 rings (SSSR count). The first-order chi connectivity index (χ1) is 8.94. The van der Waals surface area contributed by atoms with Gasteiger partial charge in [-0.15, -0.1) is 0 Å². The van der Waals surface area contributed by atoms with Crippen molar-refractivity contribution >= 4 is 5.91 Å². The lowest BCUT2D eigenvalue weighted by atomic mass is 9.89. The predicted octanol–water partition coefficient (Wildman–Crippen LogP) is 1.44. The number of nitrogens with one attached hydrogen (secondary N) is 2. The smallest absolute Gasteiger partial charge is 0.240 e. The van der Waals surface area contributed by atoms with Crippen LogP contribution in [0.5, 0.6) is 0 Å². The van der Waals surface area contributed by atoms with Gasteiger partial charge in [0.05, 0.1) is 17.8 Å². The van der Waals surface area contributed by atoms with Crippen molar-refractivity contribution in [2.45, 2.75) is 51.6 Å². The number of hydrogen-bond donors (Lipinski definition) is 2. The molecule has 1 aromatic rings. The second-order valence-corrected chi connectivity index (χ2v) is 5.72. The summed E-state index contributed by atoms with van der Waals surface area (Å²) in [5.74, 6) is 0.0861. The van der Waals surface area contributed by atoms with Crippen LogP contribution >= 0.6 is 0 Å². The summed E-state index contributed by atoms with van der Waals surface area (Å²) in [7, 11) is 1.91. The standard InChI is InChI=1S/C14H24N4O/c1-10(12-9-16-18(4)11(12)2)17-13(19)14(3)7-5-6-8-15-14/h9-10,15H,5-8H2,1-4H3,(H,17,19). The van der Waals surface area contributed by atoms with Crippen LogP contribution in [0.1, 0.15) is 50.4 Å². The first-order valence-corrected chi connectivity index (χ1v) is 6.98. The van der Waals surface area contributed by atoms with Crippen molar-refractivity contribution in [3.05, 3.63) is 17.5 Å². The topological polar surface area (TPSA) is 59.0 Å². The summed E-state index contributed by atoms with van der Waals surface area (Å²) >= 11 is 0. The van der Waals surface area contributed by atoms with Crippen LogP contribution in [0.15, 0.2) is 6.20 Å². The molecule has 0 radical (unpaired) electrons. The Morgan fingerprint density at radius 3 is 2.84 bits per heavy atom. The molecule has 5 nitrogen and oxygen atoms in total. The summed E-state index contributed by atoms with van der Waals surface area (Å²) in [4.78, 5) is 12.4. The molecule has 1 fully saturated rings. The third-order valence-electron chi connectivity index (χ3n) is 4.21. The van der Waals surface area contributed by atoms with E-state index in [9.17, 15) is 4.79 Å². The Hall–Kier alpha value is -1.36. The summed E-state index contributed by atoms with van der Waals surface area (Å²) in [5.41, 5.74) is 1.74. The lowest BCUT2D eigenvalue weighted by Gasteiger charge is -2.34. The van der Waals surface area contributed by atoms with Gasteiger partial charge in [-0.2, -0.15) is 5.10 Å². The number of nitrogens with zero attached hydrogens (tertiary/aromatic N) is 2. The quantitative estimate of drug-likeness (QED) is 0.868. The van der Waals surface area contributed by atoms with Crippen molar-refractivity contribution in [3.8, 4) is 0 Å². The van der Waals surface area contributed by atoms with E-state index >= 15 is 0 Å². The molecule has 2 unspecified atom stereocenters. The fourth-order valence-corrected chi connectivity index (χ4v) is 2.62. The Bertz CT molecular complexity index is 460. The Labute approximate surface area is 114 Å². The number of piperidine rings is 1. The number of aromatic nitrogens is 2. The van der Waals surface area contributed by atoms with Crippen molar-refractivity contribution < 1.29 is 4.79 Å². The molecule has 0 aromatic carbocycles. The lowest BCUT2D eigenvalue weighted by Crippen LogP contribution is -2.57. The van der Waals surface area contributed by atoms with E-state index in [0.29, 0.717) is 0 Å². The fourth-order valence-electron chi connectivity index (χ4n) is 2.62. The first-order valence-electron chi connectivity index (χ1n) is 6.98. The largest absolute Gasteiger partial charge is 0.348 e. The van der Waals surface area contributed by atoms with Gasteiger partial charge in [-0.3, -0.25) is 9.48 Å². The minimum atomic E-state index is -0.428. The van der Waals surface area contributed by atoms with Crippen LogP contribution in [0.3, 0.4) is 0 Å². The molecule has 0 spiro atoms. The molecule has 2 heterocycles. The average molecular weight is 264 g/mol. The molecule has 2 N–H and O–H groups in total. The lowest BCUT2D eigenvalue weighted by molar-refractivity contribution is -0.128. The van der Waals surface area contributed by atoms with Gasteiger partial charge in [0, 0.05) is 18.3 Å².